The Balaban J connectivity index is 1.52. The molecule has 0 unspecified atom stereocenters. The molecule has 2 saturated carbocycles. The topological polar surface area (TPSA) is 32.3 Å². The third-order valence-electron chi connectivity index (χ3n) is 4.98. The van der Waals surface area contributed by atoms with Crippen LogP contribution >= 0.6 is 0 Å². The number of hydrogen-bond acceptors (Lipinski definition) is 2. The van der Waals surface area contributed by atoms with Crippen LogP contribution in [0.5, 0.6) is 0 Å². The predicted molar refractivity (Wildman–Crippen MR) is 83.2 cm³/mol. The average molecular weight is 284 g/mol. The summed E-state index contributed by atoms with van der Waals surface area (Å²) in [6.45, 7) is 3.91. The molecule has 1 amide bonds. The summed E-state index contributed by atoms with van der Waals surface area (Å²) < 4.78 is 0. The van der Waals surface area contributed by atoms with E-state index >= 15 is 0 Å². The van der Waals surface area contributed by atoms with Gasteiger partial charge in [-0.2, -0.15) is 0 Å². The molecule has 3 heteroatoms. The second-order valence-corrected chi connectivity index (χ2v) is 7.01. The van der Waals surface area contributed by atoms with Gasteiger partial charge in [0.1, 0.15) is 0 Å². The molecule has 3 aliphatic rings. The van der Waals surface area contributed by atoms with Gasteiger partial charge in [0.05, 0.1) is 0 Å². The third kappa shape index (κ3) is 3.13. The van der Waals surface area contributed by atoms with Gasteiger partial charge >= 0.3 is 0 Å². The smallest absolute Gasteiger partial charge is 0.253 e. The van der Waals surface area contributed by atoms with E-state index in [0.717, 1.165) is 50.0 Å². The van der Waals surface area contributed by atoms with Gasteiger partial charge in [-0.1, -0.05) is 6.07 Å². The Kier molecular flexibility index (Phi) is 3.46. The Hall–Kier alpha value is -1.35. The Labute approximate surface area is 126 Å². The molecule has 0 bridgehead atoms. The van der Waals surface area contributed by atoms with Gasteiger partial charge in [0.15, 0.2) is 0 Å². The Morgan fingerprint density at radius 2 is 1.81 bits per heavy atom. The van der Waals surface area contributed by atoms with Crippen LogP contribution < -0.4 is 5.32 Å². The van der Waals surface area contributed by atoms with E-state index in [0.29, 0.717) is 0 Å². The van der Waals surface area contributed by atoms with E-state index in [4.69, 9.17) is 0 Å². The van der Waals surface area contributed by atoms with Crippen LogP contribution in [-0.2, 0) is 13.0 Å². The number of rotatable bonds is 5. The summed E-state index contributed by atoms with van der Waals surface area (Å²) in [4.78, 5) is 15.0. The molecule has 1 aliphatic heterocycles. The minimum absolute atomic E-state index is 0.252. The Bertz CT molecular complexity index is 532. The predicted octanol–water partition coefficient (Wildman–Crippen LogP) is 2.59. The van der Waals surface area contributed by atoms with Crippen LogP contribution in [0.3, 0.4) is 0 Å². The lowest BCUT2D eigenvalue weighted by Crippen LogP contribution is -2.35. The van der Waals surface area contributed by atoms with Crippen LogP contribution in [-0.4, -0.2) is 30.4 Å². The standard InChI is InChI=1S/C18H24N2O/c21-18(20(11-13-1-2-13)12-14-3-4-14)16-6-5-15-7-8-19-10-17(15)9-16/h5-6,9,13-14,19H,1-4,7-8,10-12H2. The molecule has 0 atom stereocenters. The van der Waals surface area contributed by atoms with E-state index in [2.05, 4.69) is 22.3 Å². The van der Waals surface area contributed by atoms with Crippen LogP contribution in [0.25, 0.3) is 0 Å². The fraction of sp³-hybridized carbons (Fsp3) is 0.611. The fourth-order valence-electron chi connectivity index (χ4n) is 3.26. The van der Waals surface area contributed by atoms with Crippen molar-refractivity contribution in [2.45, 2.75) is 38.6 Å². The largest absolute Gasteiger partial charge is 0.338 e. The van der Waals surface area contributed by atoms with E-state index in [1.165, 1.54) is 36.8 Å². The minimum Gasteiger partial charge on any atom is -0.338 e. The first-order chi connectivity index (χ1) is 10.3. The van der Waals surface area contributed by atoms with E-state index in [1.807, 2.05) is 6.07 Å². The number of benzene rings is 1. The van der Waals surface area contributed by atoms with Crippen LogP contribution in [0.1, 0.15) is 47.2 Å². The fourth-order valence-corrected chi connectivity index (χ4v) is 3.26. The number of carbonyl (C=O) groups is 1. The normalized spacial score (nSPS) is 21.0. The van der Waals surface area contributed by atoms with Crippen molar-refractivity contribution in [1.29, 1.82) is 0 Å². The zero-order valence-electron chi connectivity index (χ0n) is 12.6. The summed E-state index contributed by atoms with van der Waals surface area (Å²) >= 11 is 0. The van der Waals surface area contributed by atoms with E-state index < -0.39 is 0 Å². The quantitative estimate of drug-likeness (QED) is 0.901. The molecular weight excluding hydrogens is 260 g/mol. The molecule has 3 nitrogen and oxygen atoms in total. The first kappa shape index (κ1) is 13.3. The lowest BCUT2D eigenvalue weighted by atomic mass is 9.98. The molecule has 2 aliphatic carbocycles. The molecular formula is C18H24N2O. The average Bonchev–Trinajstić information content (AvgIpc) is 3.41. The van der Waals surface area contributed by atoms with Crippen LogP contribution in [0.15, 0.2) is 18.2 Å². The monoisotopic (exact) mass is 284 g/mol. The SMILES string of the molecule is O=C(c1ccc2c(c1)CNCC2)N(CC1CC1)CC1CC1. The van der Waals surface area contributed by atoms with Crippen molar-refractivity contribution in [2.75, 3.05) is 19.6 Å². The van der Waals surface area contributed by atoms with Gasteiger partial charge < -0.3 is 10.2 Å². The number of hydrogen-bond donors (Lipinski definition) is 1. The molecule has 0 aromatic heterocycles. The zero-order chi connectivity index (χ0) is 14.2. The van der Waals surface area contributed by atoms with Gasteiger partial charge in [-0.25, -0.2) is 0 Å². The van der Waals surface area contributed by atoms with Crippen molar-refractivity contribution in [3.63, 3.8) is 0 Å². The van der Waals surface area contributed by atoms with Gasteiger partial charge in [-0.05, 0) is 73.7 Å². The van der Waals surface area contributed by atoms with Crippen molar-refractivity contribution in [3.05, 3.63) is 34.9 Å². The van der Waals surface area contributed by atoms with Crippen molar-refractivity contribution < 1.29 is 4.79 Å². The lowest BCUT2D eigenvalue weighted by molar-refractivity contribution is 0.0739. The molecule has 0 saturated heterocycles. The Morgan fingerprint density at radius 3 is 2.48 bits per heavy atom. The Morgan fingerprint density at radius 1 is 1.10 bits per heavy atom. The highest BCUT2D eigenvalue weighted by atomic mass is 16.2. The number of carbonyl (C=O) groups excluding carboxylic acids is 1. The second kappa shape index (κ2) is 5.45. The molecule has 21 heavy (non-hydrogen) atoms. The number of nitrogens with zero attached hydrogens (tertiary/aromatic N) is 1. The van der Waals surface area contributed by atoms with Crippen LogP contribution in [0.2, 0.25) is 0 Å². The first-order valence-electron chi connectivity index (χ1n) is 8.41. The third-order valence-corrected chi connectivity index (χ3v) is 4.98. The van der Waals surface area contributed by atoms with Crippen LogP contribution in [0.4, 0.5) is 0 Å². The van der Waals surface area contributed by atoms with E-state index in [-0.39, 0.29) is 5.91 Å². The summed E-state index contributed by atoms with van der Waals surface area (Å²) in [6.07, 6.45) is 6.31. The second-order valence-electron chi connectivity index (χ2n) is 7.01. The summed E-state index contributed by atoms with van der Waals surface area (Å²) in [7, 11) is 0. The highest BCUT2D eigenvalue weighted by Gasteiger charge is 2.32. The van der Waals surface area contributed by atoms with Crippen molar-refractivity contribution in [1.82, 2.24) is 10.2 Å². The van der Waals surface area contributed by atoms with Gasteiger partial charge in [0.25, 0.3) is 5.91 Å². The summed E-state index contributed by atoms with van der Waals surface area (Å²) in [5.74, 6) is 1.79. The molecule has 2 fully saturated rings. The van der Waals surface area contributed by atoms with Crippen LogP contribution in [0, 0.1) is 11.8 Å². The van der Waals surface area contributed by atoms with Crippen molar-refractivity contribution >= 4 is 5.91 Å². The molecule has 1 heterocycles. The van der Waals surface area contributed by atoms with Gasteiger partial charge in [0.2, 0.25) is 0 Å². The molecule has 0 radical (unpaired) electrons. The molecule has 1 N–H and O–H groups in total. The lowest BCUT2D eigenvalue weighted by Gasteiger charge is -2.24. The summed E-state index contributed by atoms with van der Waals surface area (Å²) in [5.41, 5.74) is 3.60. The maximum atomic E-state index is 12.9. The maximum absolute atomic E-state index is 12.9. The van der Waals surface area contributed by atoms with E-state index in [9.17, 15) is 4.79 Å². The number of fused-ring (bicyclic) bond motifs is 1. The summed E-state index contributed by atoms with van der Waals surface area (Å²) in [5, 5.41) is 3.40. The molecule has 4 rings (SSSR count). The molecule has 1 aromatic carbocycles. The summed E-state index contributed by atoms with van der Waals surface area (Å²) in [6, 6.07) is 6.33. The van der Waals surface area contributed by atoms with E-state index in [1.54, 1.807) is 0 Å². The highest BCUT2D eigenvalue weighted by Crippen LogP contribution is 2.34. The number of nitrogens with one attached hydrogen (secondary N) is 1. The number of amides is 1. The highest BCUT2D eigenvalue weighted by molar-refractivity contribution is 5.94. The molecule has 0 spiro atoms. The minimum atomic E-state index is 0.252. The maximum Gasteiger partial charge on any atom is 0.253 e. The zero-order valence-corrected chi connectivity index (χ0v) is 12.6. The van der Waals surface area contributed by atoms with Crippen molar-refractivity contribution in [3.8, 4) is 0 Å². The van der Waals surface area contributed by atoms with Crippen molar-refractivity contribution in [2.24, 2.45) is 11.8 Å². The first-order valence-corrected chi connectivity index (χ1v) is 8.41. The van der Waals surface area contributed by atoms with Gasteiger partial charge in [-0.3, -0.25) is 4.79 Å². The van der Waals surface area contributed by atoms with Gasteiger partial charge in [0, 0.05) is 25.2 Å². The molecule has 112 valence electrons. The van der Waals surface area contributed by atoms with Gasteiger partial charge in [-0.15, -0.1) is 0 Å². The molecule has 1 aromatic rings.